The minimum atomic E-state index is -0.728. The fraction of sp³-hybridized carbons (Fsp3) is 0.444. The van der Waals surface area contributed by atoms with Crippen LogP contribution in [0.4, 0.5) is 0 Å². The van der Waals surface area contributed by atoms with Crippen molar-refractivity contribution < 1.29 is 19.1 Å². The Morgan fingerprint density at radius 3 is 1.92 bits per heavy atom. The van der Waals surface area contributed by atoms with Crippen molar-refractivity contribution >= 4 is 11.9 Å². The molecule has 0 atom stereocenters. The number of carbonyl (C=O) groups is 2. The van der Waals surface area contributed by atoms with E-state index in [-0.39, 0.29) is 11.4 Å². The highest BCUT2D eigenvalue weighted by Gasteiger charge is 2.32. The highest BCUT2D eigenvalue weighted by molar-refractivity contribution is 6.01. The fourth-order valence-corrected chi connectivity index (χ4v) is 2.01. The second-order valence-electron chi connectivity index (χ2n) is 7.54. The van der Waals surface area contributed by atoms with Crippen LogP contribution in [0, 0.1) is 0 Å². The van der Waals surface area contributed by atoms with Crippen LogP contribution in [0.5, 0.6) is 0 Å². The molecule has 0 aliphatic heterocycles. The van der Waals surface area contributed by atoms with Crippen LogP contribution >= 0.6 is 0 Å². The minimum absolute atomic E-state index is 0.0598. The zero-order valence-electron chi connectivity index (χ0n) is 15.4. The lowest BCUT2D eigenvalue weighted by atomic mass is 10.2. The lowest BCUT2D eigenvalue weighted by Crippen LogP contribution is -2.29. The fourth-order valence-electron chi connectivity index (χ4n) is 2.01. The maximum atomic E-state index is 12.7. The van der Waals surface area contributed by atoms with Gasteiger partial charge in [-0.05, 0) is 53.7 Å². The molecule has 0 radical (unpaired) electrons. The third kappa shape index (κ3) is 4.89. The minimum Gasteiger partial charge on any atom is -0.455 e. The van der Waals surface area contributed by atoms with Gasteiger partial charge in [0.2, 0.25) is 5.69 Å². The molecule has 2 aromatic rings. The molecule has 2 rings (SSSR count). The van der Waals surface area contributed by atoms with E-state index in [1.54, 1.807) is 65.8 Å². The van der Waals surface area contributed by atoms with E-state index in [1.807, 2.05) is 6.07 Å². The largest absolute Gasteiger partial charge is 0.455 e. The highest BCUT2D eigenvalue weighted by atomic mass is 16.6. The van der Waals surface area contributed by atoms with Crippen molar-refractivity contribution in [3.05, 3.63) is 41.7 Å². The Labute approximate surface area is 146 Å². The molecule has 25 heavy (non-hydrogen) atoms. The average molecular weight is 345 g/mol. The summed E-state index contributed by atoms with van der Waals surface area (Å²) in [6.45, 7) is 10.4. The van der Waals surface area contributed by atoms with Crippen molar-refractivity contribution in [1.29, 1.82) is 0 Å². The molecule has 0 saturated carbocycles. The van der Waals surface area contributed by atoms with Gasteiger partial charge in [-0.3, -0.25) is 0 Å². The molecule has 1 aromatic heterocycles. The van der Waals surface area contributed by atoms with E-state index in [2.05, 4.69) is 10.3 Å². The molecule has 0 saturated heterocycles. The Hall–Kier alpha value is -2.70. The molecule has 1 aromatic carbocycles. The van der Waals surface area contributed by atoms with E-state index in [1.165, 1.54) is 4.68 Å². The Balaban J connectivity index is 2.52. The first kappa shape index (κ1) is 18.6. The molecule has 0 amide bonds. The number of hydrogen-bond donors (Lipinski definition) is 0. The van der Waals surface area contributed by atoms with Gasteiger partial charge in [-0.2, -0.15) is 0 Å². The van der Waals surface area contributed by atoms with E-state index in [0.29, 0.717) is 5.69 Å². The summed E-state index contributed by atoms with van der Waals surface area (Å²) in [5.41, 5.74) is -1.10. The number of aromatic nitrogens is 3. The molecule has 134 valence electrons. The summed E-state index contributed by atoms with van der Waals surface area (Å²) < 4.78 is 12.0. The number of rotatable bonds is 3. The Morgan fingerprint density at radius 1 is 0.880 bits per heavy atom. The number of benzene rings is 1. The molecule has 7 heteroatoms. The van der Waals surface area contributed by atoms with Gasteiger partial charge in [0, 0.05) is 0 Å². The zero-order chi connectivity index (χ0) is 18.8. The molecule has 0 spiro atoms. The second-order valence-corrected chi connectivity index (χ2v) is 7.54. The first-order valence-electron chi connectivity index (χ1n) is 7.96. The van der Waals surface area contributed by atoms with Crippen LogP contribution in [0.3, 0.4) is 0 Å². The van der Waals surface area contributed by atoms with Crippen LogP contribution in [0.25, 0.3) is 5.69 Å². The van der Waals surface area contributed by atoms with Gasteiger partial charge in [-0.25, -0.2) is 14.3 Å². The van der Waals surface area contributed by atoms with E-state index >= 15 is 0 Å². The van der Waals surface area contributed by atoms with E-state index in [9.17, 15) is 9.59 Å². The third-order valence-corrected chi connectivity index (χ3v) is 2.86. The number of nitrogens with zero attached hydrogens (tertiary/aromatic N) is 3. The van der Waals surface area contributed by atoms with Crippen LogP contribution < -0.4 is 0 Å². The van der Waals surface area contributed by atoms with Crippen LogP contribution in [0.1, 0.15) is 62.5 Å². The Kier molecular flexibility index (Phi) is 4.97. The predicted molar refractivity (Wildman–Crippen MR) is 91.7 cm³/mol. The molecular weight excluding hydrogens is 322 g/mol. The van der Waals surface area contributed by atoms with Crippen molar-refractivity contribution in [2.45, 2.75) is 52.7 Å². The van der Waals surface area contributed by atoms with Crippen LogP contribution in [-0.4, -0.2) is 38.1 Å². The molecule has 7 nitrogen and oxygen atoms in total. The lowest BCUT2D eigenvalue weighted by Gasteiger charge is -2.21. The highest BCUT2D eigenvalue weighted by Crippen LogP contribution is 2.20. The van der Waals surface area contributed by atoms with Crippen LogP contribution in [0.15, 0.2) is 30.3 Å². The van der Waals surface area contributed by atoms with Gasteiger partial charge in [-0.15, -0.1) is 5.10 Å². The summed E-state index contributed by atoms with van der Waals surface area (Å²) in [6, 6.07) is 8.93. The number of ether oxygens (including phenoxy) is 2. The average Bonchev–Trinajstić information content (AvgIpc) is 2.89. The van der Waals surface area contributed by atoms with Crippen molar-refractivity contribution in [3.8, 4) is 5.69 Å². The normalized spacial score (nSPS) is 11.9. The molecule has 0 aliphatic rings. The van der Waals surface area contributed by atoms with Crippen molar-refractivity contribution in [2.24, 2.45) is 0 Å². The molecular formula is C18H23N3O4. The van der Waals surface area contributed by atoms with Gasteiger partial charge in [0.05, 0.1) is 5.69 Å². The summed E-state index contributed by atoms with van der Waals surface area (Å²) in [7, 11) is 0. The summed E-state index contributed by atoms with van der Waals surface area (Å²) in [6.07, 6.45) is 0. The van der Waals surface area contributed by atoms with Gasteiger partial charge in [0.1, 0.15) is 11.2 Å². The molecule has 1 heterocycles. The Morgan fingerprint density at radius 2 is 1.40 bits per heavy atom. The number of carbonyl (C=O) groups excluding carboxylic acids is 2. The first-order valence-corrected chi connectivity index (χ1v) is 7.96. The van der Waals surface area contributed by atoms with Gasteiger partial charge < -0.3 is 9.47 Å². The van der Waals surface area contributed by atoms with E-state index < -0.39 is 23.1 Å². The topological polar surface area (TPSA) is 83.3 Å². The smallest absolute Gasteiger partial charge is 0.362 e. The van der Waals surface area contributed by atoms with E-state index in [4.69, 9.17) is 9.47 Å². The maximum Gasteiger partial charge on any atom is 0.362 e. The third-order valence-electron chi connectivity index (χ3n) is 2.86. The van der Waals surface area contributed by atoms with Gasteiger partial charge >= 0.3 is 11.9 Å². The van der Waals surface area contributed by atoms with Gasteiger partial charge in [0.25, 0.3) is 0 Å². The predicted octanol–water partition coefficient (Wildman–Crippen LogP) is 3.18. The summed E-state index contributed by atoms with van der Waals surface area (Å²) in [4.78, 5) is 25.1. The second kappa shape index (κ2) is 6.66. The van der Waals surface area contributed by atoms with Crippen LogP contribution in [0.2, 0.25) is 0 Å². The lowest BCUT2D eigenvalue weighted by molar-refractivity contribution is 0.000941. The van der Waals surface area contributed by atoms with Crippen molar-refractivity contribution in [2.75, 3.05) is 0 Å². The van der Waals surface area contributed by atoms with Gasteiger partial charge in [0.15, 0.2) is 5.69 Å². The van der Waals surface area contributed by atoms with E-state index in [0.717, 1.165) is 0 Å². The Bertz CT molecular complexity index is 768. The molecule has 0 aliphatic carbocycles. The molecule has 0 fully saturated rings. The molecule has 0 unspecified atom stereocenters. The summed E-state index contributed by atoms with van der Waals surface area (Å²) >= 11 is 0. The maximum absolute atomic E-state index is 12.7. The number of hydrogen-bond acceptors (Lipinski definition) is 6. The van der Waals surface area contributed by atoms with Crippen molar-refractivity contribution in [1.82, 2.24) is 15.0 Å². The monoisotopic (exact) mass is 345 g/mol. The van der Waals surface area contributed by atoms with Crippen LogP contribution in [-0.2, 0) is 9.47 Å². The first-order chi connectivity index (χ1) is 11.5. The SMILES string of the molecule is CC(C)(C)OC(=O)c1nnn(-c2ccccc2)c1C(=O)OC(C)(C)C. The van der Waals surface area contributed by atoms with Crippen molar-refractivity contribution in [3.63, 3.8) is 0 Å². The zero-order valence-corrected chi connectivity index (χ0v) is 15.4. The standard InChI is InChI=1S/C18H23N3O4/c1-17(2,3)24-15(22)13-14(16(23)25-18(4,5)6)21(20-19-13)12-10-8-7-9-11-12/h7-11H,1-6H3. The quantitative estimate of drug-likeness (QED) is 0.795. The number of para-hydroxylation sites is 1. The summed E-state index contributed by atoms with van der Waals surface area (Å²) in [5, 5.41) is 7.82. The number of esters is 2. The summed E-state index contributed by atoms with van der Waals surface area (Å²) in [5.74, 6) is -1.42. The molecule has 0 N–H and O–H groups in total. The van der Waals surface area contributed by atoms with Gasteiger partial charge in [-0.1, -0.05) is 23.4 Å². The molecule has 0 bridgehead atoms.